The van der Waals surface area contributed by atoms with Crippen molar-refractivity contribution >= 4 is 0 Å². The Hall–Kier alpha value is -2.80. The second kappa shape index (κ2) is 7.46. The van der Waals surface area contributed by atoms with Crippen LogP contribution >= 0.6 is 0 Å². The van der Waals surface area contributed by atoms with E-state index in [0.717, 1.165) is 5.75 Å². The second-order valence-corrected chi connectivity index (χ2v) is 5.39. The van der Waals surface area contributed by atoms with E-state index in [1.807, 2.05) is 24.3 Å². The molecule has 3 rings (SSSR count). The summed E-state index contributed by atoms with van der Waals surface area (Å²) in [5.74, 6) is 1.06. The molecule has 0 radical (unpaired) electrons. The average molecular weight is 300 g/mol. The van der Waals surface area contributed by atoms with Crippen LogP contribution in [0.15, 0.2) is 97.6 Å². The zero-order valence-electron chi connectivity index (χ0n) is 13.1. The number of hydrogen-bond donors (Lipinski definition) is 0. The van der Waals surface area contributed by atoms with Gasteiger partial charge >= 0.3 is 0 Å². The Bertz CT molecular complexity index is 708. The van der Waals surface area contributed by atoms with Gasteiger partial charge in [0.2, 0.25) is 0 Å². The van der Waals surface area contributed by atoms with E-state index in [1.54, 1.807) is 6.08 Å². The third-order valence-corrected chi connectivity index (χ3v) is 3.85. The molecule has 0 aliphatic rings. The first-order valence-electron chi connectivity index (χ1n) is 7.82. The smallest absolute Gasteiger partial charge is 0.123 e. The average Bonchev–Trinajstić information content (AvgIpc) is 2.63. The quantitative estimate of drug-likeness (QED) is 0.435. The summed E-state index contributed by atoms with van der Waals surface area (Å²) < 4.78 is 5.89. The minimum atomic E-state index is 0.151. The Morgan fingerprint density at radius 1 is 0.739 bits per heavy atom. The summed E-state index contributed by atoms with van der Waals surface area (Å²) in [6.07, 6.45) is 1.77. The van der Waals surface area contributed by atoms with Crippen LogP contribution in [0.2, 0.25) is 0 Å². The maximum atomic E-state index is 5.89. The molecular formula is C22H20O. The van der Waals surface area contributed by atoms with Crippen LogP contribution in [-0.4, -0.2) is 6.61 Å². The molecule has 0 spiro atoms. The van der Waals surface area contributed by atoms with E-state index in [2.05, 4.69) is 67.2 Å². The molecule has 0 N–H and O–H groups in total. The van der Waals surface area contributed by atoms with Crippen molar-refractivity contribution in [1.82, 2.24) is 0 Å². The van der Waals surface area contributed by atoms with Crippen LogP contribution in [0, 0.1) is 0 Å². The van der Waals surface area contributed by atoms with E-state index in [1.165, 1.54) is 16.7 Å². The summed E-state index contributed by atoms with van der Waals surface area (Å²) in [5, 5.41) is 0. The molecule has 0 fully saturated rings. The number of benzene rings is 3. The van der Waals surface area contributed by atoms with Crippen molar-refractivity contribution in [2.24, 2.45) is 0 Å². The molecule has 114 valence electrons. The van der Waals surface area contributed by atoms with Gasteiger partial charge in [-0.3, -0.25) is 0 Å². The molecule has 0 aliphatic heterocycles. The summed E-state index contributed by atoms with van der Waals surface area (Å²) in [4.78, 5) is 0. The molecule has 0 atom stereocenters. The first-order chi connectivity index (χ1) is 11.4. The number of para-hydroxylation sites is 1. The lowest BCUT2D eigenvalue weighted by atomic mass is 9.85. The summed E-state index contributed by atoms with van der Waals surface area (Å²) in [7, 11) is 0. The van der Waals surface area contributed by atoms with Gasteiger partial charge in [-0.05, 0) is 17.2 Å². The summed E-state index contributed by atoms with van der Waals surface area (Å²) >= 11 is 0. The minimum absolute atomic E-state index is 0.151. The Balaban J connectivity index is 2.11. The molecule has 0 saturated heterocycles. The van der Waals surface area contributed by atoms with Crippen molar-refractivity contribution in [3.05, 3.63) is 114 Å². The van der Waals surface area contributed by atoms with Crippen molar-refractivity contribution in [2.45, 2.75) is 5.92 Å². The predicted molar refractivity (Wildman–Crippen MR) is 96.0 cm³/mol. The zero-order chi connectivity index (χ0) is 15.9. The lowest BCUT2D eigenvalue weighted by molar-refractivity contribution is 0.358. The molecule has 0 unspecified atom stereocenters. The van der Waals surface area contributed by atoms with Crippen molar-refractivity contribution in [3.63, 3.8) is 0 Å². The third kappa shape index (κ3) is 3.51. The molecule has 1 heteroatoms. The topological polar surface area (TPSA) is 9.23 Å². The van der Waals surface area contributed by atoms with E-state index < -0.39 is 0 Å². The highest BCUT2D eigenvalue weighted by molar-refractivity contribution is 5.49. The van der Waals surface area contributed by atoms with E-state index in [0.29, 0.717) is 6.61 Å². The van der Waals surface area contributed by atoms with Crippen molar-refractivity contribution in [1.29, 1.82) is 0 Å². The van der Waals surface area contributed by atoms with Gasteiger partial charge in [0, 0.05) is 11.5 Å². The highest BCUT2D eigenvalue weighted by atomic mass is 16.5. The van der Waals surface area contributed by atoms with Crippen LogP contribution in [-0.2, 0) is 0 Å². The van der Waals surface area contributed by atoms with Crippen LogP contribution < -0.4 is 4.74 Å². The SMILES string of the molecule is C=CCOc1ccccc1C(c1ccccc1)c1ccccc1. The molecule has 0 saturated carbocycles. The van der Waals surface area contributed by atoms with E-state index >= 15 is 0 Å². The minimum Gasteiger partial charge on any atom is -0.489 e. The monoisotopic (exact) mass is 300 g/mol. The first-order valence-corrected chi connectivity index (χ1v) is 7.82. The Morgan fingerprint density at radius 2 is 1.26 bits per heavy atom. The van der Waals surface area contributed by atoms with Crippen molar-refractivity contribution in [2.75, 3.05) is 6.61 Å². The van der Waals surface area contributed by atoms with Gasteiger partial charge in [-0.1, -0.05) is 91.5 Å². The fraction of sp³-hybridized carbons (Fsp3) is 0.0909. The fourth-order valence-corrected chi connectivity index (χ4v) is 2.84. The van der Waals surface area contributed by atoms with Crippen LogP contribution in [0.25, 0.3) is 0 Å². The van der Waals surface area contributed by atoms with Gasteiger partial charge in [-0.2, -0.15) is 0 Å². The van der Waals surface area contributed by atoms with Crippen LogP contribution in [0.5, 0.6) is 5.75 Å². The molecule has 0 amide bonds. The lowest BCUT2D eigenvalue weighted by Crippen LogP contribution is -2.06. The van der Waals surface area contributed by atoms with Gasteiger partial charge in [0.05, 0.1) is 0 Å². The van der Waals surface area contributed by atoms with Crippen LogP contribution in [0.1, 0.15) is 22.6 Å². The standard InChI is InChI=1S/C22H20O/c1-2-17-23-21-16-10-9-15-20(21)22(18-11-5-3-6-12-18)19-13-7-4-8-14-19/h2-16,22H,1,17H2. The number of ether oxygens (including phenoxy) is 1. The molecule has 3 aromatic rings. The first kappa shape index (κ1) is 15.1. The van der Waals surface area contributed by atoms with Crippen molar-refractivity contribution < 1.29 is 4.74 Å². The van der Waals surface area contributed by atoms with Gasteiger partial charge in [-0.15, -0.1) is 0 Å². The predicted octanol–water partition coefficient (Wildman–Crippen LogP) is 5.43. The maximum absolute atomic E-state index is 5.89. The molecule has 3 aromatic carbocycles. The number of hydrogen-bond acceptors (Lipinski definition) is 1. The van der Waals surface area contributed by atoms with Gasteiger partial charge < -0.3 is 4.74 Å². The van der Waals surface area contributed by atoms with E-state index in [9.17, 15) is 0 Å². The van der Waals surface area contributed by atoms with Crippen LogP contribution in [0.4, 0.5) is 0 Å². The van der Waals surface area contributed by atoms with E-state index in [-0.39, 0.29) is 5.92 Å². The molecule has 0 aliphatic carbocycles. The zero-order valence-corrected chi connectivity index (χ0v) is 13.1. The van der Waals surface area contributed by atoms with Crippen LogP contribution in [0.3, 0.4) is 0 Å². The Labute approximate surface area is 137 Å². The summed E-state index contributed by atoms with van der Waals surface area (Å²) in [6.45, 7) is 4.25. The second-order valence-electron chi connectivity index (χ2n) is 5.39. The fourth-order valence-electron chi connectivity index (χ4n) is 2.84. The van der Waals surface area contributed by atoms with Gasteiger partial charge in [0.15, 0.2) is 0 Å². The Kier molecular flexibility index (Phi) is 4.90. The summed E-state index contributed by atoms with van der Waals surface area (Å²) in [5.41, 5.74) is 3.69. The number of rotatable bonds is 6. The van der Waals surface area contributed by atoms with Gasteiger partial charge in [0.25, 0.3) is 0 Å². The Morgan fingerprint density at radius 3 is 1.83 bits per heavy atom. The maximum Gasteiger partial charge on any atom is 0.123 e. The molecular weight excluding hydrogens is 280 g/mol. The highest BCUT2D eigenvalue weighted by Crippen LogP contribution is 2.36. The molecule has 0 bridgehead atoms. The highest BCUT2D eigenvalue weighted by Gasteiger charge is 2.19. The third-order valence-electron chi connectivity index (χ3n) is 3.85. The largest absolute Gasteiger partial charge is 0.489 e. The molecule has 23 heavy (non-hydrogen) atoms. The lowest BCUT2D eigenvalue weighted by Gasteiger charge is -2.21. The van der Waals surface area contributed by atoms with Gasteiger partial charge in [0.1, 0.15) is 12.4 Å². The molecule has 0 aromatic heterocycles. The molecule has 0 heterocycles. The normalized spacial score (nSPS) is 10.5. The van der Waals surface area contributed by atoms with E-state index in [4.69, 9.17) is 4.74 Å². The van der Waals surface area contributed by atoms with Gasteiger partial charge in [-0.25, -0.2) is 0 Å². The summed E-state index contributed by atoms with van der Waals surface area (Å²) in [6, 6.07) is 29.3. The molecule has 1 nitrogen and oxygen atoms in total. The van der Waals surface area contributed by atoms with Crippen molar-refractivity contribution in [3.8, 4) is 5.75 Å².